The summed E-state index contributed by atoms with van der Waals surface area (Å²) in [5, 5.41) is 0. The maximum Gasteiger partial charge on any atom is 0.123 e. The first-order chi connectivity index (χ1) is 9.29. The summed E-state index contributed by atoms with van der Waals surface area (Å²) in [6.45, 7) is 1.31. The molecule has 98 valence electrons. The number of anilines is 2. The molecule has 0 saturated heterocycles. The predicted molar refractivity (Wildman–Crippen MR) is 76.1 cm³/mol. The topological polar surface area (TPSA) is 29.3 Å². The summed E-state index contributed by atoms with van der Waals surface area (Å²) in [5.74, 6) is -0.227. The molecule has 0 aliphatic carbocycles. The third-order valence-corrected chi connectivity index (χ3v) is 3.66. The lowest BCUT2D eigenvalue weighted by atomic mass is 10.00. The molecule has 2 aromatic carbocycles. The van der Waals surface area contributed by atoms with Crippen LogP contribution in [0.3, 0.4) is 0 Å². The Bertz CT molecular complexity index is 595. The summed E-state index contributed by atoms with van der Waals surface area (Å²) in [4.78, 5) is 2.25. The van der Waals surface area contributed by atoms with Crippen molar-refractivity contribution in [2.45, 2.75) is 19.4 Å². The maximum absolute atomic E-state index is 13.3. The van der Waals surface area contributed by atoms with Gasteiger partial charge >= 0.3 is 0 Å². The highest BCUT2D eigenvalue weighted by atomic mass is 19.1. The Balaban J connectivity index is 2.09. The van der Waals surface area contributed by atoms with E-state index >= 15 is 0 Å². The van der Waals surface area contributed by atoms with E-state index in [1.807, 2.05) is 12.1 Å². The van der Waals surface area contributed by atoms with Crippen LogP contribution in [-0.4, -0.2) is 6.54 Å². The molecule has 1 aliphatic heterocycles. The third-order valence-electron chi connectivity index (χ3n) is 3.66. The molecule has 0 aromatic heterocycles. The number of nitrogens with two attached hydrogens (primary N) is 1. The lowest BCUT2D eigenvalue weighted by Gasteiger charge is -2.32. The summed E-state index contributed by atoms with van der Waals surface area (Å²) in [7, 11) is 0. The van der Waals surface area contributed by atoms with Crippen molar-refractivity contribution in [3.05, 3.63) is 59.4 Å². The molecule has 0 unspecified atom stereocenters. The van der Waals surface area contributed by atoms with Gasteiger partial charge in [-0.3, -0.25) is 0 Å². The van der Waals surface area contributed by atoms with Crippen molar-refractivity contribution in [3.8, 4) is 0 Å². The molecule has 2 N–H and O–H groups in total. The van der Waals surface area contributed by atoms with Crippen LogP contribution in [-0.2, 0) is 13.0 Å². The van der Waals surface area contributed by atoms with Crippen LogP contribution >= 0.6 is 0 Å². The Morgan fingerprint density at radius 1 is 1.11 bits per heavy atom. The zero-order valence-electron chi connectivity index (χ0n) is 10.8. The van der Waals surface area contributed by atoms with Gasteiger partial charge < -0.3 is 10.6 Å². The molecule has 0 bridgehead atoms. The number of fused-ring (bicyclic) bond motifs is 1. The third kappa shape index (κ3) is 2.22. The van der Waals surface area contributed by atoms with Gasteiger partial charge in [0.2, 0.25) is 0 Å². The first-order valence-corrected chi connectivity index (χ1v) is 6.63. The predicted octanol–water partition coefficient (Wildman–Crippen LogP) is 3.37. The summed E-state index contributed by atoms with van der Waals surface area (Å²) in [5.41, 5.74) is 10.2. The second-order valence-corrected chi connectivity index (χ2v) is 4.86. The van der Waals surface area contributed by atoms with Crippen LogP contribution in [0.5, 0.6) is 0 Å². The van der Waals surface area contributed by atoms with E-state index in [-0.39, 0.29) is 5.82 Å². The molecule has 2 nitrogen and oxygen atoms in total. The molecule has 0 amide bonds. The number of halogens is 1. The molecule has 1 aliphatic rings. The molecule has 3 heteroatoms. The van der Waals surface area contributed by atoms with Gasteiger partial charge in [0.1, 0.15) is 5.82 Å². The number of hydrogen-bond acceptors (Lipinski definition) is 2. The van der Waals surface area contributed by atoms with Gasteiger partial charge in [-0.05, 0) is 48.2 Å². The Morgan fingerprint density at radius 3 is 2.79 bits per heavy atom. The number of aryl methyl sites for hydroxylation is 1. The van der Waals surface area contributed by atoms with E-state index in [2.05, 4.69) is 23.1 Å². The normalized spacial score (nSPS) is 14.3. The van der Waals surface area contributed by atoms with Crippen LogP contribution in [0.4, 0.5) is 15.8 Å². The molecule has 0 radical (unpaired) electrons. The van der Waals surface area contributed by atoms with Crippen molar-refractivity contribution in [1.82, 2.24) is 0 Å². The van der Waals surface area contributed by atoms with Gasteiger partial charge in [0, 0.05) is 24.5 Å². The average molecular weight is 256 g/mol. The van der Waals surface area contributed by atoms with Gasteiger partial charge in [0.15, 0.2) is 0 Å². The van der Waals surface area contributed by atoms with Crippen LogP contribution in [0.15, 0.2) is 42.5 Å². The molecule has 0 saturated carbocycles. The summed E-state index contributed by atoms with van der Waals surface area (Å²) in [6, 6.07) is 13.3. The minimum absolute atomic E-state index is 0.227. The lowest BCUT2D eigenvalue weighted by molar-refractivity contribution is 0.625. The molecule has 3 rings (SSSR count). The van der Waals surface area contributed by atoms with Gasteiger partial charge in [0.05, 0.1) is 0 Å². The van der Waals surface area contributed by atoms with Crippen LogP contribution in [0.25, 0.3) is 0 Å². The van der Waals surface area contributed by atoms with Crippen molar-refractivity contribution in [2.75, 3.05) is 11.4 Å². The van der Waals surface area contributed by atoms with E-state index in [1.165, 1.54) is 23.4 Å². The number of para-hydroxylation sites is 1. The smallest absolute Gasteiger partial charge is 0.123 e. The Morgan fingerprint density at radius 2 is 1.95 bits per heavy atom. The van der Waals surface area contributed by atoms with E-state index < -0.39 is 0 Å². The second-order valence-electron chi connectivity index (χ2n) is 4.86. The monoisotopic (exact) mass is 256 g/mol. The van der Waals surface area contributed by atoms with Gasteiger partial charge in [-0.15, -0.1) is 0 Å². The van der Waals surface area contributed by atoms with Crippen molar-refractivity contribution < 1.29 is 4.39 Å². The number of benzene rings is 2. The van der Waals surface area contributed by atoms with E-state index in [9.17, 15) is 4.39 Å². The molecular formula is C16H17FN2. The maximum atomic E-state index is 13.3. The molecule has 1 heterocycles. The van der Waals surface area contributed by atoms with Crippen LogP contribution in [0.2, 0.25) is 0 Å². The highest BCUT2D eigenvalue weighted by Gasteiger charge is 2.19. The van der Waals surface area contributed by atoms with E-state index in [1.54, 1.807) is 0 Å². The van der Waals surface area contributed by atoms with E-state index in [4.69, 9.17) is 5.73 Å². The number of hydrogen-bond donors (Lipinski definition) is 1. The zero-order chi connectivity index (χ0) is 13.2. The van der Waals surface area contributed by atoms with Gasteiger partial charge in [-0.2, -0.15) is 0 Å². The fraction of sp³-hybridized carbons (Fsp3) is 0.250. The van der Waals surface area contributed by atoms with Crippen molar-refractivity contribution in [1.29, 1.82) is 0 Å². The fourth-order valence-corrected chi connectivity index (χ4v) is 2.76. The van der Waals surface area contributed by atoms with Crippen molar-refractivity contribution in [3.63, 3.8) is 0 Å². The minimum atomic E-state index is -0.227. The van der Waals surface area contributed by atoms with Crippen LogP contribution < -0.4 is 10.6 Å². The SMILES string of the molecule is NCc1cc(F)ccc1N1CCCc2ccccc21. The average Bonchev–Trinajstić information content (AvgIpc) is 2.46. The van der Waals surface area contributed by atoms with Crippen LogP contribution in [0.1, 0.15) is 17.5 Å². The second kappa shape index (κ2) is 5.02. The summed E-state index contributed by atoms with van der Waals surface area (Å²) < 4.78 is 13.3. The van der Waals surface area contributed by atoms with E-state index in [0.717, 1.165) is 30.6 Å². The fourth-order valence-electron chi connectivity index (χ4n) is 2.76. The molecule has 19 heavy (non-hydrogen) atoms. The molecular weight excluding hydrogens is 239 g/mol. The molecule has 0 fully saturated rings. The summed E-state index contributed by atoms with van der Waals surface area (Å²) >= 11 is 0. The number of rotatable bonds is 2. The zero-order valence-corrected chi connectivity index (χ0v) is 10.8. The van der Waals surface area contributed by atoms with Crippen LogP contribution in [0, 0.1) is 5.82 Å². The summed E-state index contributed by atoms with van der Waals surface area (Å²) in [6.07, 6.45) is 2.21. The van der Waals surface area contributed by atoms with Gasteiger partial charge in [-0.1, -0.05) is 18.2 Å². The van der Waals surface area contributed by atoms with Crippen molar-refractivity contribution in [2.24, 2.45) is 5.73 Å². The quantitative estimate of drug-likeness (QED) is 0.892. The number of nitrogens with zero attached hydrogens (tertiary/aromatic N) is 1. The van der Waals surface area contributed by atoms with Gasteiger partial charge in [-0.25, -0.2) is 4.39 Å². The molecule has 0 atom stereocenters. The molecule has 0 spiro atoms. The minimum Gasteiger partial charge on any atom is -0.341 e. The highest BCUT2D eigenvalue weighted by Crippen LogP contribution is 2.35. The standard InChI is InChI=1S/C16H17FN2/c17-14-7-8-16(13(10-14)11-18)19-9-3-5-12-4-1-2-6-15(12)19/h1-2,4,6-8,10H,3,5,9,11,18H2. The largest absolute Gasteiger partial charge is 0.341 e. The Kier molecular flexibility index (Phi) is 3.22. The first kappa shape index (κ1) is 12.2. The van der Waals surface area contributed by atoms with Crippen molar-refractivity contribution >= 4 is 11.4 Å². The highest BCUT2D eigenvalue weighted by molar-refractivity contribution is 5.70. The molecule has 2 aromatic rings. The van der Waals surface area contributed by atoms with Gasteiger partial charge in [0.25, 0.3) is 0 Å². The lowest BCUT2D eigenvalue weighted by Crippen LogP contribution is -2.25. The van der Waals surface area contributed by atoms with E-state index in [0.29, 0.717) is 6.54 Å². The first-order valence-electron chi connectivity index (χ1n) is 6.63. The Labute approximate surface area is 112 Å². The Hall–Kier alpha value is -1.87.